The minimum absolute atomic E-state index is 0.106. The Kier molecular flexibility index (Phi) is 7.28. The average Bonchev–Trinajstić information content (AvgIpc) is 2.75. The summed E-state index contributed by atoms with van der Waals surface area (Å²) in [6, 6.07) is 17.0. The molecule has 1 N–H and O–H groups in total. The first-order chi connectivity index (χ1) is 14.0. The molecule has 1 atom stereocenters. The molecule has 7 heteroatoms. The van der Waals surface area contributed by atoms with Gasteiger partial charge in [-0.15, -0.1) is 0 Å². The highest BCUT2D eigenvalue weighted by Gasteiger charge is 2.32. The van der Waals surface area contributed by atoms with Crippen LogP contribution in [-0.4, -0.2) is 44.6 Å². The fraction of sp³-hybridized carbons (Fsp3) is 0.409. The maximum absolute atomic E-state index is 12.8. The molecule has 1 fully saturated rings. The number of piperidine rings is 1. The van der Waals surface area contributed by atoms with E-state index in [1.54, 1.807) is 31.4 Å². The Hall–Kier alpha value is -2.38. The Morgan fingerprint density at radius 2 is 1.86 bits per heavy atom. The predicted molar refractivity (Wildman–Crippen MR) is 114 cm³/mol. The van der Waals surface area contributed by atoms with Crippen LogP contribution < -0.4 is 10.1 Å². The van der Waals surface area contributed by atoms with Crippen LogP contribution in [0.15, 0.2) is 54.6 Å². The Bertz CT molecular complexity index is 898. The van der Waals surface area contributed by atoms with Crippen molar-refractivity contribution in [1.29, 1.82) is 0 Å². The lowest BCUT2D eigenvalue weighted by Gasteiger charge is -2.31. The Labute approximate surface area is 172 Å². The van der Waals surface area contributed by atoms with Gasteiger partial charge in [0.1, 0.15) is 5.75 Å². The number of anilines is 1. The summed E-state index contributed by atoms with van der Waals surface area (Å²) in [6.07, 6.45) is 2.69. The topological polar surface area (TPSA) is 75.7 Å². The van der Waals surface area contributed by atoms with E-state index in [2.05, 4.69) is 5.32 Å². The van der Waals surface area contributed by atoms with Gasteiger partial charge in [-0.05, 0) is 55.5 Å². The van der Waals surface area contributed by atoms with Crippen molar-refractivity contribution in [3.8, 4) is 5.75 Å². The molecule has 6 nitrogen and oxygen atoms in total. The molecule has 3 rings (SSSR count). The van der Waals surface area contributed by atoms with Crippen LogP contribution in [-0.2, 0) is 21.2 Å². The van der Waals surface area contributed by atoms with E-state index < -0.39 is 10.0 Å². The Morgan fingerprint density at radius 1 is 1.14 bits per heavy atom. The zero-order valence-electron chi connectivity index (χ0n) is 16.7. The van der Waals surface area contributed by atoms with Gasteiger partial charge < -0.3 is 10.1 Å². The first kappa shape index (κ1) is 21.3. The van der Waals surface area contributed by atoms with Gasteiger partial charge in [-0.1, -0.05) is 30.3 Å². The first-order valence-corrected chi connectivity index (χ1v) is 11.6. The van der Waals surface area contributed by atoms with Crippen molar-refractivity contribution in [3.63, 3.8) is 0 Å². The Balaban J connectivity index is 1.53. The van der Waals surface area contributed by atoms with Crippen LogP contribution >= 0.6 is 0 Å². The largest absolute Gasteiger partial charge is 0.497 e. The number of carbonyl (C=O) groups excluding carboxylic acids is 1. The van der Waals surface area contributed by atoms with Crippen LogP contribution in [0.25, 0.3) is 0 Å². The molecule has 0 aromatic heterocycles. The molecule has 1 saturated heterocycles. The summed E-state index contributed by atoms with van der Waals surface area (Å²) < 4.78 is 32.1. The second kappa shape index (κ2) is 9.89. The summed E-state index contributed by atoms with van der Waals surface area (Å²) >= 11 is 0. The van der Waals surface area contributed by atoms with Gasteiger partial charge in [-0.25, -0.2) is 12.7 Å². The number of carbonyl (C=O) groups is 1. The number of rotatable bonds is 8. The summed E-state index contributed by atoms with van der Waals surface area (Å²) in [5.41, 5.74) is 1.82. The monoisotopic (exact) mass is 416 g/mol. The highest BCUT2D eigenvalue weighted by Crippen LogP contribution is 2.23. The van der Waals surface area contributed by atoms with Gasteiger partial charge in [0.2, 0.25) is 15.9 Å². The van der Waals surface area contributed by atoms with Crippen LogP contribution in [0.1, 0.15) is 24.8 Å². The fourth-order valence-electron chi connectivity index (χ4n) is 3.56. The van der Waals surface area contributed by atoms with Crippen molar-refractivity contribution in [2.24, 2.45) is 5.92 Å². The molecule has 1 aliphatic rings. The lowest BCUT2D eigenvalue weighted by atomic mass is 9.99. The van der Waals surface area contributed by atoms with Crippen molar-refractivity contribution >= 4 is 21.6 Å². The second-order valence-corrected chi connectivity index (χ2v) is 9.41. The first-order valence-electron chi connectivity index (χ1n) is 9.94. The lowest BCUT2D eigenvalue weighted by molar-refractivity contribution is -0.120. The number of hydrogen-bond acceptors (Lipinski definition) is 4. The van der Waals surface area contributed by atoms with Crippen molar-refractivity contribution in [2.45, 2.75) is 25.7 Å². The van der Waals surface area contributed by atoms with E-state index in [-0.39, 0.29) is 24.1 Å². The van der Waals surface area contributed by atoms with Crippen molar-refractivity contribution in [3.05, 3.63) is 60.2 Å². The Morgan fingerprint density at radius 3 is 2.55 bits per heavy atom. The molecule has 2 aromatic rings. The molecular formula is C22H28N2O4S. The number of benzene rings is 2. The average molecular weight is 417 g/mol. The summed E-state index contributed by atoms with van der Waals surface area (Å²) in [7, 11) is -1.78. The zero-order valence-corrected chi connectivity index (χ0v) is 17.5. The number of nitrogens with one attached hydrogen (secondary N) is 1. The van der Waals surface area contributed by atoms with Gasteiger partial charge in [0.05, 0.1) is 18.8 Å². The molecule has 0 bridgehead atoms. The number of sulfonamides is 1. The molecular weight excluding hydrogens is 388 g/mol. The van der Waals surface area contributed by atoms with Crippen molar-refractivity contribution < 1.29 is 17.9 Å². The molecule has 0 aliphatic carbocycles. The van der Waals surface area contributed by atoms with Gasteiger partial charge in [0.15, 0.2) is 0 Å². The maximum atomic E-state index is 12.8. The number of ether oxygens (including phenoxy) is 1. The number of methoxy groups -OCH3 is 1. The molecule has 0 radical (unpaired) electrons. The van der Waals surface area contributed by atoms with Crippen LogP contribution in [0.5, 0.6) is 5.75 Å². The molecule has 29 heavy (non-hydrogen) atoms. The van der Waals surface area contributed by atoms with Crippen LogP contribution in [0.2, 0.25) is 0 Å². The number of hydrogen-bond donors (Lipinski definition) is 1. The maximum Gasteiger partial charge on any atom is 0.228 e. The standard InChI is InChI=1S/C22H28N2O4S/c1-28-21-13-11-20(12-14-21)23-22(25)19-10-5-15-24(17-19)29(26,27)16-6-9-18-7-3-2-4-8-18/h2-4,7-8,11-14,19H,5-6,9-10,15-17H2,1H3,(H,23,25)/t19-/m1/s1. The second-order valence-electron chi connectivity index (χ2n) is 7.32. The third-order valence-electron chi connectivity index (χ3n) is 5.22. The summed E-state index contributed by atoms with van der Waals surface area (Å²) in [6.45, 7) is 0.732. The minimum Gasteiger partial charge on any atom is -0.497 e. The summed E-state index contributed by atoms with van der Waals surface area (Å²) in [4.78, 5) is 12.6. The highest BCUT2D eigenvalue weighted by molar-refractivity contribution is 7.89. The van der Waals surface area contributed by atoms with E-state index >= 15 is 0 Å². The molecule has 0 spiro atoms. The van der Waals surface area contributed by atoms with Gasteiger partial charge in [0, 0.05) is 18.8 Å². The normalized spacial score (nSPS) is 17.6. The molecule has 1 amide bonds. The molecule has 1 heterocycles. The number of nitrogens with zero attached hydrogens (tertiary/aromatic N) is 1. The van der Waals surface area contributed by atoms with Gasteiger partial charge in [-0.3, -0.25) is 4.79 Å². The number of aryl methyl sites for hydroxylation is 1. The predicted octanol–water partition coefficient (Wildman–Crippen LogP) is 3.31. The number of amides is 1. The van der Waals surface area contributed by atoms with E-state index in [1.807, 2.05) is 30.3 Å². The third kappa shape index (κ3) is 6.05. The quantitative estimate of drug-likeness (QED) is 0.716. The van der Waals surface area contributed by atoms with E-state index in [1.165, 1.54) is 4.31 Å². The van der Waals surface area contributed by atoms with E-state index in [0.29, 0.717) is 37.2 Å². The van der Waals surface area contributed by atoms with Crippen molar-refractivity contribution in [1.82, 2.24) is 4.31 Å². The molecule has 1 aliphatic heterocycles. The van der Waals surface area contributed by atoms with Crippen LogP contribution in [0.4, 0.5) is 5.69 Å². The lowest BCUT2D eigenvalue weighted by Crippen LogP contribution is -2.44. The van der Waals surface area contributed by atoms with Gasteiger partial charge in [-0.2, -0.15) is 0 Å². The highest BCUT2D eigenvalue weighted by atomic mass is 32.2. The SMILES string of the molecule is COc1ccc(NC(=O)[C@@H]2CCCN(S(=O)(=O)CCCc3ccccc3)C2)cc1. The molecule has 2 aromatic carbocycles. The third-order valence-corrected chi connectivity index (χ3v) is 7.14. The summed E-state index contributed by atoms with van der Waals surface area (Å²) in [5, 5.41) is 2.88. The van der Waals surface area contributed by atoms with E-state index in [9.17, 15) is 13.2 Å². The van der Waals surface area contributed by atoms with Crippen LogP contribution in [0.3, 0.4) is 0 Å². The zero-order chi connectivity index (χ0) is 20.7. The summed E-state index contributed by atoms with van der Waals surface area (Å²) in [5.74, 6) is 0.344. The fourth-order valence-corrected chi connectivity index (χ4v) is 5.14. The molecule has 0 saturated carbocycles. The van der Waals surface area contributed by atoms with Gasteiger partial charge >= 0.3 is 0 Å². The smallest absolute Gasteiger partial charge is 0.228 e. The van der Waals surface area contributed by atoms with Crippen molar-refractivity contribution in [2.75, 3.05) is 31.3 Å². The van der Waals surface area contributed by atoms with Gasteiger partial charge in [0.25, 0.3) is 0 Å². The van der Waals surface area contributed by atoms with E-state index in [4.69, 9.17) is 4.74 Å². The minimum atomic E-state index is -3.36. The van der Waals surface area contributed by atoms with Crippen LogP contribution in [0, 0.1) is 5.92 Å². The molecule has 156 valence electrons. The van der Waals surface area contributed by atoms with E-state index in [0.717, 1.165) is 12.0 Å². The molecule has 0 unspecified atom stereocenters.